The maximum Gasteiger partial charge on any atom is 0.328 e. The molecule has 0 heterocycles. The van der Waals surface area contributed by atoms with Crippen LogP contribution in [0.4, 0.5) is 0 Å². The van der Waals surface area contributed by atoms with Crippen molar-refractivity contribution < 1.29 is 30.0 Å². The minimum absolute atomic E-state index is 0.368. The van der Waals surface area contributed by atoms with E-state index in [-0.39, 0.29) is 0 Å². The van der Waals surface area contributed by atoms with E-state index in [9.17, 15) is 14.7 Å². The molecule has 2 atom stereocenters. The standard InChI is InChI=1S/C17H28O6/c1-12(9-13(2)10-16(20)21)7-5-3-4-6-8-15(19)14(11-18)17(22)23/h9-10,14-15,18-19H,3-8,11H2,1-2H3,(H,20,21)(H,22,23)/b12-9?,13-10-/t14-,15-/m0/s1. The largest absolute Gasteiger partial charge is 0.481 e. The number of carboxylic acid groups (broad SMARTS) is 2. The summed E-state index contributed by atoms with van der Waals surface area (Å²) in [7, 11) is 0. The van der Waals surface area contributed by atoms with Crippen LogP contribution < -0.4 is 0 Å². The number of aliphatic hydroxyl groups excluding tert-OH is 2. The Morgan fingerprint density at radius 2 is 1.61 bits per heavy atom. The van der Waals surface area contributed by atoms with Gasteiger partial charge in [0.1, 0.15) is 5.92 Å². The summed E-state index contributed by atoms with van der Waals surface area (Å²) in [6.45, 7) is 3.16. The van der Waals surface area contributed by atoms with E-state index in [0.29, 0.717) is 18.4 Å². The molecule has 0 rings (SSSR count). The van der Waals surface area contributed by atoms with Crippen molar-refractivity contribution in [2.45, 2.75) is 58.5 Å². The van der Waals surface area contributed by atoms with Crippen molar-refractivity contribution in [2.75, 3.05) is 6.61 Å². The van der Waals surface area contributed by atoms with Crippen molar-refractivity contribution in [3.63, 3.8) is 0 Å². The van der Waals surface area contributed by atoms with Gasteiger partial charge < -0.3 is 20.4 Å². The lowest BCUT2D eigenvalue weighted by molar-refractivity contribution is -0.147. The Morgan fingerprint density at radius 3 is 2.13 bits per heavy atom. The Kier molecular flexibility index (Phi) is 11.0. The molecule has 132 valence electrons. The summed E-state index contributed by atoms with van der Waals surface area (Å²) in [4.78, 5) is 21.3. The third kappa shape index (κ3) is 10.7. The normalized spacial score (nSPS) is 15.3. The minimum Gasteiger partial charge on any atom is -0.481 e. The lowest BCUT2D eigenvalue weighted by atomic mass is 9.97. The molecule has 0 unspecified atom stereocenters. The predicted octanol–water partition coefficient (Wildman–Crippen LogP) is 2.36. The van der Waals surface area contributed by atoms with Gasteiger partial charge in [-0.2, -0.15) is 0 Å². The van der Waals surface area contributed by atoms with Gasteiger partial charge in [-0.05, 0) is 38.7 Å². The third-order valence-corrected chi connectivity index (χ3v) is 3.62. The number of allylic oxidation sites excluding steroid dienone is 3. The molecule has 0 aliphatic rings. The van der Waals surface area contributed by atoms with Gasteiger partial charge in [0, 0.05) is 6.08 Å². The van der Waals surface area contributed by atoms with E-state index >= 15 is 0 Å². The first-order chi connectivity index (χ1) is 10.8. The first kappa shape index (κ1) is 21.3. The highest BCUT2D eigenvalue weighted by atomic mass is 16.4. The highest BCUT2D eigenvalue weighted by molar-refractivity contribution is 5.81. The van der Waals surface area contributed by atoms with Crippen molar-refractivity contribution in [1.82, 2.24) is 0 Å². The van der Waals surface area contributed by atoms with Crippen molar-refractivity contribution in [3.05, 3.63) is 23.3 Å². The van der Waals surface area contributed by atoms with Gasteiger partial charge in [-0.15, -0.1) is 0 Å². The molecule has 0 aliphatic carbocycles. The molecule has 0 aromatic rings. The van der Waals surface area contributed by atoms with Gasteiger partial charge in [-0.3, -0.25) is 4.79 Å². The second-order valence-electron chi connectivity index (χ2n) is 5.86. The fourth-order valence-electron chi connectivity index (χ4n) is 2.37. The molecule has 23 heavy (non-hydrogen) atoms. The van der Waals surface area contributed by atoms with Gasteiger partial charge in [0.05, 0.1) is 12.7 Å². The molecule has 0 aliphatic heterocycles. The van der Waals surface area contributed by atoms with Gasteiger partial charge in [-0.25, -0.2) is 4.79 Å². The zero-order valence-electron chi connectivity index (χ0n) is 13.9. The van der Waals surface area contributed by atoms with Crippen LogP contribution in [0.15, 0.2) is 23.3 Å². The zero-order chi connectivity index (χ0) is 17.8. The monoisotopic (exact) mass is 328 g/mol. The maximum atomic E-state index is 10.8. The molecule has 0 saturated heterocycles. The van der Waals surface area contributed by atoms with E-state index in [1.807, 2.05) is 13.0 Å². The highest BCUT2D eigenvalue weighted by Crippen LogP contribution is 2.15. The molecule has 0 spiro atoms. The minimum atomic E-state index is -1.18. The number of unbranched alkanes of at least 4 members (excludes halogenated alkanes) is 3. The number of carbonyl (C=O) groups is 2. The van der Waals surface area contributed by atoms with Gasteiger partial charge in [0.2, 0.25) is 0 Å². The van der Waals surface area contributed by atoms with E-state index in [1.54, 1.807) is 6.92 Å². The van der Waals surface area contributed by atoms with E-state index in [0.717, 1.165) is 31.3 Å². The van der Waals surface area contributed by atoms with Crippen LogP contribution >= 0.6 is 0 Å². The molecule has 0 radical (unpaired) electrons. The van der Waals surface area contributed by atoms with Gasteiger partial charge in [0.25, 0.3) is 0 Å². The maximum absolute atomic E-state index is 10.8. The molecular formula is C17H28O6. The molecular weight excluding hydrogens is 300 g/mol. The van der Waals surface area contributed by atoms with Crippen LogP contribution in [0.3, 0.4) is 0 Å². The van der Waals surface area contributed by atoms with Crippen molar-refractivity contribution in [2.24, 2.45) is 5.92 Å². The first-order valence-electron chi connectivity index (χ1n) is 7.88. The van der Waals surface area contributed by atoms with Crippen molar-refractivity contribution in [1.29, 1.82) is 0 Å². The summed E-state index contributed by atoms with van der Waals surface area (Å²) in [6.07, 6.45) is 6.77. The van der Waals surface area contributed by atoms with Gasteiger partial charge in [0.15, 0.2) is 0 Å². The summed E-state index contributed by atoms with van der Waals surface area (Å²) >= 11 is 0. The van der Waals surface area contributed by atoms with Gasteiger partial charge in [-0.1, -0.05) is 30.9 Å². The average molecular weight is 328 g/mol. The Hall–Kier alpha value is -1.66. The summed E-state index contributed by atoms with van der Waals surface area (Å²) in [5.74, 6) is -3.23. The lowest BCUT2D eigenvalue weighted by Gasteiger charge is -2.16. The third-order valence-electron chi connectivity index (χ3n) is 3.62. The van der Waals surface area contributed by atoms with E-state index in [4.69, 9.17) is 15.3 Å². The summed E-state index contributed by atoms with van der Waals surface area (Å²) in [6, 6.07) is 0. The number of hydrogen-bond acceptors (Lipinski definition) is 4. The number of carboxylic acids is 2. The fraction of sp³-hybridized carbons (Fsp3) is 0.647. The molecule has 0 aromatic carbocycles. The van der Waals surface area contributed by atoms with Crippen LogP contribution in [0.25, 0.3) is 0 Å². The SMILES string of the molecule is CC(=C/C(C)=C\C(=O)O)CCCCCC[C@H](O)[C@H](CO)C(=O)O. The molecule has 0 fully saturated rings. The Labute approximate surface area is 137 Å². The second kappa shape index (κ2) is 11.8. The Balaban J connectivity index is 3.91. The average Bonchev–Trinajstić information content (AvgIpc) is 2.41. The van der Waals surface area contributed by atoms with Crippen molar-refractivity contribution in [3.8, 4) is 0 Å². The van der Waals surface area contributed by atoms with E-state index in [1.165, 1.54) is 6.08 Å². The first-order valence-corrected chi connectivity index (χ1v) is 7.88. The molecule has 4 N–H and O–H groups in total. The van der Waals surface area contributed by atoms with Crippen LogP contribution in [0, 0.1) is 5.92 Å². The van der Waals surface area contributed by atoms with Crippen LogP contribution in [0.2, 0.25) is 0 Å². The predicted molar refractivity (Wildman–Crippen MR) is 87.1 cm³/mol. The highest BCUT2D eigenvalue weighted by Gasteiger charge is 2.24. The molecule has 0 amide bonds. The molecule has 0 saturated carbocycles. The van der Waals surface area contributed by atoms with Crippen LogP contribution in [-0.4, -0.2) is 45.1 Å². The zero-order valence-corrected chi connectivity index (χ0v) is 13.9. The molecule has 0 bridgehead atoms. The summed E-state index contributed by atoms with van der Waals surface area (Å²) in [5.41, 5.74) is 1.83. The molecule has 6 nitrogen and oxygen atoms in total. The van der Waals surface area contributed by atoms with Crippen molar-refractivity contribution >= 4 is 11.9 Å². The number of rotatable bonds is 12. The quantitative estimate of drug-likeness (QED) is 0.248. The lowest BCUT2D eigenvalue weighted by Crippen LogP contribution is -2.31. The van der Waals surface area contributed by atoms with E-state index in [2.05, 4.69) is 0 Å². The number of aliphatic hydroxyl groups is 2. The number of hydrogen-bond donors (Lipinski definition) is 4. The summed E-state index contributed by atoms with van der Waals surface area (Å²) in [5, 5.41) is 36.0. The van der Waals surface area contributed by atoms with Crippen LogP contribution in [-0.2, 0) is 9.59 Å². The van der Waals surface area contributed by atoms with E-state index < -0.39 is 30.6 Å². The fourth-order valence-corrected chi connectivity index (χ4v) is 2.37. The number of aliphatic carboxylic acids is 2. The Bertz CT molecular complexity index is 438. The topological polar surface area (TPSA) is 115 Å². The van der Waals surface area contributed by atoms with Gasteiger partial charge >= 0.3 is 11.9 Å². The summed E-state index contributed by atoms with van der Waals surface area (Å²) < 4.78 is 0. The Morgan fingerprint density at radius 1 is 1.00 bits per heavy atom. The van der Waals surface area contributed by atoms with Crippen LogP contribution in [0.1, 0.15) is 52.4 Å². The molecule has 6 heteroatoms. The second-order valence-corrected chi connectivity index (χ2v) is 5.86. The van der Waals surface area contributed by atoms with Crippen LogP contribution in [0.5, 0.6) is 0 Å². The smallest absolute Gasteiger partial charge is 0.328 e. The molecule has 0 aromatic heterocycles.